The van der Waals surface area contributed by atoms with Crippen molar-refractivity contribution in [3.8, 4) is 11.8 Å². The number of carboxylic acids is 1. The molecule has 0 spiro atoms. The summed E-state index contributed by atoms with van der Waals surface area (Å²) < 4.78 is 0. The highest BCUT2D eigenvalue weighted by molar-refractivity contribution is 5.66. The molecule has 0 saturated heterocycles. The van der Waals surface area contributed by atoms with Crippen molar-refractivity contribution in [2.75, 3.05) is 0 Å². The molecule has 3 fully saturated rings. The average Bonchev–Trinajstić information content (AvgIpc) is 2.59. The van der Waals surface area contributed by atoms with Crippen molar-refractivity contribution in [3.63, 3.8) is 0 Å². The molecule has 4 nitrogen and oxygen atoms in total. The minimum absolute atomic E-state index is 0.0496. The van der Waals surface area contributed by atoms with Gasteiger partial charge in [0.1, 0.15) is 6.10 Å². The first-order chi connectivity index (χ1) is 12.5. The predicted molar refractivity (Wildman–Crippen MR) is 100 cm³/mol. The van der Waals surface area contributed by atoms with Crippen molar-refractivity contribution >= 4 is 5.97 Å². The third kappa shape index (κ3) is 4.90. The number of aliphatic hydroxyl groups is 2. The second kappa shape index (κ2) is 9.06. The van der Waals surface area contributed by atoms with Gasteiger partial charge in [-0.1, -0.05) is 55.6 Å². The Bertz CT molecular complexity index is 579. The fraction of sp³-hybridized carbons (Fsp3) is 0.773. The standard InChI is InChI=1S/C22H32O4/c23-17(13-15-5-2-1-3-6-15)9-10-19-20-14-16(7-4-8-22(25)26)18(20)11-12-21(19)24/h7,15,17-21,23-24H,1-6,8,11-14H2,(H,25,26)/b16-7-/t17?,18-,19-,20+,21-/m0/s1. The first-order valence-corrected chi connectivity index (χ1v) is 10.3. The molecular weight excluding hydrogens is 328 g/mol. The lowest BCUT2D eigenvalue weighted by Gasteiger charge is -2.48. The second-order valence-electron chi connectivity index (χ2n) is 8.40. The first kappa shape index (κ1) is 19.5. The number of aliphatic carboxylic acids is 1. The van der Waals surface area contributed by atoms with Crippen molar-refractivity contribution in [1.29, 1.82) is 0 Å². The van der Waals surface area contributed by atoms with E-state index in [1.165, 1.54) is 37.7 Å². The maximum atomic E-state index is 10.7. The fourth-order valence-corrected chi connectivity index (χ4v) is 5.08. The molecule has 0 aliphatic heterocycles. The van der Waals surface area contributed by atoms with Gasteiger partial charge in [0.15, 0.2) is 0 Å². The maximum Gasteiger partial charge on any atom is 0.303 e. The van der Waals surface area contributed by atoms with Gasteiger partial charge in [-0.25, -0.2) is 0 Å². The minimum Gasteiger partial charge on any atom is -0.481 e. The van der Waals surface area contributed by atoms with Crippen molar-refractivity contribution in [2.45, 2.75) is 82.8 Å². The lowest BCUT2D eigenvalue weighted by atomic mass is 9.57. The summed E-state index contributed by atoms with van der Waals surface area (Å²) in [5.41, 5.74) is 1.35. The zero-order chi connectivity index (χ0) is 18.5. The molecule has 3 N–H and O–H groups in total. The molecule has 0 aromatic rings. The number of fused-ring (bicyclic) bond motifs is 1. The van der Waals surface area contributed by atoms with Gasteiger partial charge in [0.05, 0.1) is 12.0 Å². The number of carboxylic acid groups (broad SMARTS) is 1. The van der Waals surface area contributed by atoms with Crippen molar-refractivity contribution in [1.82, 2.24) is 0 Å². The molecule has 0 amide bonds. The van der Waals surface area contributed by atoms with Crippen LogP contribution in [0.1, 0.15) is 70.6 Å². The molecule has 3 aliphatic carbocycles. The van der Waals surface area contributed by atoms with Gasteiger partial charge < -0.3 is 15.3 Å². The lowest BCUT2D eigenvalue weighted by molar-refractivity contribution is -0.136. The van der Waals surface area contributed by atoms with E-state index in [1.807, 2.05) is 0 Å². The molecule has 3 aliphatic rings. The highest BCUT2D eigenvalue weighted by Crippen LogP contribution is 2.51. The smallest absolute Gasteiger partial charge is 0.303 e. The number of allylic oxidation sites excluding steroid dienone is 2. The van der Waals surface area contributed by atoms with Gasteiger partial charge in [0.2, 0.25) is 0 Å². The summed E-state index contributed by atoms with van der Waals surface area (Å²) in [5, 5.41) is 29.4. The topological polar surface area (TPSA) is 77.8 Å². The highest BCUT2D eigenvalue weighted by Gasteiger charge is 2.46. The molecule has 0 aromatic carbocycles. The van der Waals surface area contributed by atoms with Gasteiger partial charge >= 0.3 is 5.97 Å². The van der Waals surface area contributed by atoms with Crippen LogP contribution in [0.5, 0.6) is 0 Å². The monoisotopic (exact) mass is 360 g/mol. The van der Waals surface area contributed by atoms with Crippen LogP contribution in [0, 0.1) is 35.5 Å². The molecular formula is C22H32O4. The van der Waals surface area contributed by atoms with Crippen LogP contribution in [0.15, 0.2) is 11.6 Å². The molecule has 0 heterocycles. The van der Waals surface area contributed by atoms with Gasteiger partial charge in [-0.2, -0.15) is 0 Å². The van der Waals surface area contributed by atoms with E-state index in [-0.39, 0.29) is 12.3 Å². The van der Waals surface area contributed by atoms with E-state index in [2.05, 4.69) is 17.9 Å². The third-order valence-electron chi connectivity index (χ3n) is 6.58. The quantitative estimate of drug-likeness (QED) is 0.518. The Morgan fingerprint density at radius 3 is 2.69 bits per heavy atom. The molecule has 3 rings (SSSR count). The summed E-state index contributed by atoms with van der Waals surface area (Å²) in [7, 11) is 0. The number of carbonyl (C=O) groups is 1. The molecule has 4 heteroatoms. The van der Waals surface area contributed by atoms with E-state index in [0.717, 1.165) is 25.7 Å². The van der Waals surface area contributed by atoms with E-state index < -0.39 is 18.2 Å². The Hall–Kier alpha value is -1.31. The van der Waals surface area contributed by atoms with E-state index >= 15 is 0 Å². The van der Waals surface area contributed by atoms with Crippen LogP contribution in [0.2, 0.25) is 0 Å². The first-order valence-electron chi connectivity index (χ1n) is 10.3. The zero-order valence-electron chi connectivity index (χ0n) is 15.6. The van der Waals surface area contributed by atoms with E-state index in [0.29, 0.717) is 24.2 Å². The Kier molecular flexibility index (Phi) is 6.78. The lowest BCUT2D eigenvalue weighted by Crippen LogP contribution is -2.44. The van der Waals surface area contributed by atoms with Crippen LogP contribution >= 0.6 is 0 Å². The summed E-state index contributed by atoms with van der Waals surface area (Å²) in [6.45, 7) is 0. The zero-order valence-corrected chi connectivity index (χ0v) is 15.6. The molecule has 3 saturated carbocycles. The van der Waals surface area contributed by atoms with Crippen LogP contribution in [0.3, 0.4) is 0 Å². The summed E-state index contributed by atoms with van der Waals surface area (Å²) in [6.07, 6.45) is 11.6. The summed E-state index contributed by atoms with van der Waals surface area (Å²) in [4.78, 5) is 10.7. The van der Waals surface area contributed by atoms with E-state index in [4.69, 9.17) is 5.11 Å². The van der Waals surface area contributed by atoms with Gasteiger partial charge in [-0.15, -0.1) is 0 Å². The normalized spacial score (nSPS) is 34.3. The molecule has 0 bridgehead atoms. The maximum absolute atomic E-state index is 10.7. The molecule has 0 aromatic heterocycles. The van der Waals surface area contributed by atoms with Crippen molar-refractivity contribution in [3.05, 3.63) is 11.6 Å². The molecule has 5 atom stereocenters. The minimum atomic E-state index is -0.757. The average molecular weight is 360 g/mol. The summed E-state index contributed by atoms with van der Waals surface area (Å²) >= 11 is 0. The number of aliphatic hydroxyl groups excluding tert-OH is 2. The molecule has 144 valence electrons. The summed E-state index contributed by atoms with van der Waals surface area (Å²) in [6, 6.07) is 0. The third-order valence-corrected chi connectivity index (χ3v) is 6.58. The molecule has 26 heavy (non-hydrogen) atoms. The highest BCUT2D eigenvalue weighted by atomic mass is 16.4. The predicted octanol–water partition coefficient (Wildman–Crippen LogP) is 3.52. The Balaban J connectivity index is 1.53. The van der Waals surface area contributed by atoms with Crippen molar-refractivity contribution in [2.24, 2.45) is 23.7 Å². The largest absolute Gasteiger partial charge is 0.481 e. The molecule has 1 unspecified atom stereocenters. The van der Waals surface area contributed by atoms with Crippen LogP contribution in [-0.4, -0.2) is 33.5 Å². The number of rotatable bonds is 5. The Morgan fingerprint density at radius 1 is 1.19 bits per heavy atom. The second-order valence-corrected chi connectivity index (χ2v) is 8.40. The van der Waals surface area contributed by atoms with Gasteiger partial charge in [-0.05, 0) is 49.9 Å². The van der Waals surface area contributed by atoms with Gasteiger partial charge in [-0.3, -0.25) is 4.79 Å². The molecule has 0 radical (unpaired) electrons. The number of hydrogen-bond donors (Lipinski definition) is 3. The fourth-order valence-electron chi connectivity index (χ4n) is 5.08. The van der Waals surface area contributed by atoms with Crippen LogP contribution in [0.4, 0.5) is 0 Å². The summed E-state index contributed by atoms with van der Waals surface area (Å²) in [5.74, 6) is 6.86. The van der Waals surface area contributed by atoms with E-state index in [9.17, 15) is 15.0 Å². The Labute approximate surface area is 156 Å². The van der Waals surface area contributed by atoms with Crippen molar-refractivity contribution < 1.29 is 20.1 Å². The van der Waals surface area contributed by atoms with Gasteiger partial charge in [0, 0.05) is 6.42 Å². The Morgan fingerprint density at radius 2 is 1.96 bits per heavy atom. The van der Waals surface area contributed by atoms with Crippen LogP contribution in [-0.2, 0) is 4.79 Å². The van der Waals surface area contributed by atoms with E-state index in [1.54, 1.807) is 0 Å². The van der Waals surface area contributed by atoms with Crippen LogP contribution in [0.25, 0.3) is 0 Å². The SMILES string of the molecule is O=C(O)CC/C=C1/C[C@H]2[C@H](C#CC(O)CC3CCCCC3)[C@@H](O)CC[C@@H]12. The van der Waals surface area contributed by atoms with Crippen LogP contribution < -0.4 is 0 Å². The number of hydrogen-bond acceptors (Lipinski definition) is 3. The van der Waals surface area contributed by atoms with Gasteiger partial charge in [0.25, 0.3) is 0 Å².